The van der Waals surface area contributed by atoms with Crippen LogP contribution in [0.5, 0.6) is 11.5 Å². The summed E-state index contributed by atoms with van der Waals surface area (Å²) in [4.78, 5) is 90.4. The highest BCUT2D eigenvalue weighted by Crippen LogP contribution is 2.35. The van der Waals surface area contributed by atoms with Gasteiger partial charge >= 0.3 is 0 Å². The summed E-state index contributed by atoms with van der Waals surface area (Å²) >= 11 is 0. The van der Waals surface area contributed by atoms with E-state index in [0.717, 1.165) is 96.4 Å². The topological polar surface area (TPSA) is 202 Å². The summed E-state index contributed by atoms with van der Waals surface area (Å²) in [6.45, 7) is 7.65. The Morgan fingerprint density at radius 1 is 0.537 bits per heavy atom. The van der Waals surface area contributed by atoms with E-state index in [1.54, 1.807) is 36.4 Å². The molecule has 0 spiro atoms. The Morgan fingerprint density at radius 2 is 0.988 bits per heavy atom. The van der Waals surface area contributed by atoms with E-state index in [0.29, 0.717) is 99.0 Å². The molecule has 8 aliphatic rings. The number of aromatic nitrogens is 2. The number of nitrogens with one attached hydrogen (secondary N) is 2. The van der Waals surface area contributed by atoms with Gasteiger partial charge in [-0.05, 0) is 134 Å². The Kier molecular flexibility index (Phi) is 14.7. The molecule has 14 rings (SSSR count). The van der Waals surface area contributed by atoms with Crippen molar-refractivity contribution in [1.29, 1.82) is 0 Å². The first-order chi connectivity index (χ1) is 39.8. The second kappa shape index (κ2) is 22.5. The van der Waals surface area contributed by atoms with Gasteiger partial charge in [-0.1, -0.05) is 12.1 Å². The van der Waals surface area contributed by atoms with E-state index < -0.39 is 23.9 Å². The minimum Gasteiger partial charge on any atom is -0.489 e. The quantitative estimate of drug-likeness (QED) is 0.124. The number of halogens is 2. The van der Waals surface area contributed by atoms with Crippen LogP contribution in [0.25, 0.3) is 21.8 Å². The molecule has 0 unspecified atom stereocenters. The lowest BCUT2D eigenvalue weighted by molar-refractivity contribution is -0.138. The molecule has 2 N–H and O–H groups in total. The Hall–Kier alpha value is -7.78. The van der Waals surface area contributed by atoms with Crippen molar-refractivity contribution in [2.75, 3.05) is 52.6 Å². The summed E-state index contributed by atoms with van der Waals surface area (Å²) < 4.78 is 53.6. The lowest BCUT2D eigenvalue weighted by Crippen LogP contribution is -2.52. The van der Waals surface area contributed by atoms with Crippen molar-refractivity contribution in [2.24, 2.45) is 0 Å². The van der Waals surface area contributed by atoms with Crippen molar-refractivity contribution in [2.45, 2.75) is 114 Å². The molecule has 10 heterocycles. The number of rotatable bonds is 12. The van der Waals surface area contributed by atoms with Gasteiger partial charge in [0.25, 0.3) is 11.8 Å². The van der Waals surface area contributed by atoms with Crippen molar-refractivity contribution < 1.29 is 56.5 Å². The molecule has 0 radical (unpaired) electrons. The van der Waals surface area contributed by atoms with Crippen molar-refractivity contribution in [1.82, 2.24) is 40.2 Å². The van der Waals surface area contributed by atoms with Gasteiger partial charge in [-0.15, -0.1) is 0 Å². The molecule has 18 nitrogen and oxygen atoms in total. The maximum absolute atomic E-state index is 15.1. The van der Waals surface area contributed by atoms with Crippen LogP contribution < -0.4 is 20.1 Å². The second-order valence-corrected chi connectivity index (χ2v) is 22.9. The summed E-state index contributed by atoms with van der Waals surface area (Å²) in [6, 6.07) is 24.7. The van der Waals surface area contributed by atoms with Crippen LogP contribution in [0.1, 0.15) is 118 Å². The van der Waals surface area contributed by atoms with Crippen LogP contribution in [0, 0.1) is 11.6 Å². The molecular formula is C62H62F2N8O10. The van der Waals surface area contributed by atoms with E-state index in [9.17, 15) is 28.8 Å². The van der Waals surface area contributed by atoms with Crippen LogP contribution in [0.4, 0.5) is 8.78 Å². The monoisotopic (exact) mass is 1120 g/mol. The van der Waals surface area contributed by atoms with Crippen LogP contribution >= 0.6 is 0 Å². The van der Waals surface area contributed by atoms with Crippen LogP contribution in [-0.2, 0) is 54.8 Å². The summed E-state index contributed by atoms with van der Waals surface area (Å²) in [7, 11) is 0. The maximum Gasteiger partial charge on any atom is 0.255 e. The number of amides is 6. The zero-order chi connectivity index (χ0) is 56.2. The number of carbonyl (C=O) groups is 6. The molecule has 8 aliphatic heterocycles. The molecule has 6 amide bonds. The van der Waals surface area contributed by atoms with Crippen molar-refractivity contribution in [3.05, 3.63) is 141 Å². The third-order valence-corrected chi connectivity index (χ3v) is 17.2. The molecule has 0 bridgehead atoms. The van der Waals surface area contributed by atoms with Crippen molar-refractivity contribution in [3.63, 3.8) is 0 Å². The van der Waals surface area contributed by atoms with E-state index in [4.69, 9.17) is 18.9 Å². The van der Waals surface area contributed by atoms with Gasteiger partial charge in [0.15, 0.2) is 0 Å². The minimum absolute atomic E-state index is 0.0282. The van der Waals surface area contributed by atoms with Gasteiger partial charge in [-0.2, -0.15) is 0 Å². The number of hydrogen-bond acceptors (Lipinski definition) is 14. The Bertz CT molecular complexity index is 3340. The van der Waals surface area contributed by atoms with E-state index in [1.165, 1.54) is 9.80 Å². The highest BCUT2D eigenvalue weighted by molar-refractivity contribution is 6.06. The Labute approximate surface area is 471 Å². The highest BCUT2D eigenvalue weighted by Gasteiger charge is 2.41. The number of piperidine rings is 2. The first kappa shape index (κ1) is 53.5. The fourth-order valence-electron chi connectivity index (χ4n) is 12.9. The SMILES string of the molecule is O=C1CC[C@H](N2Cc3cc(O[C@H]4CCN(Cc5cc(F)c6nc([C@@H]7CCOC7)ccc6c5)C4)ccc3C2=O)C(=O)N1.O=C1CC[C@H](N2Cc3cc(O[C@H]4CCN(Cc5cc(F)c6nc([C@H]7CCOC7)ccc6c5)C4)ccc3C2=O)C(=O)N1. The van der Waals surface area contributed by atoms with Crippen molar-refractivity contribution >= 4 is 57.2 Å². The van der Waals surface area contributed by atoms with E-state index in [2.05, 4.69) is 30.4 Å². The third kappa shape index (κ3) is 11.0. The van der Waals surface area contributed by atoms with E-state index in [1.807, 2.05) is 48.5 Å². The Balaban J connectivity index is 0.000000154. The zero-order valence-electron chi connectivity index (χ0n) is 45.2. The van der Waals surface area contributed by atoms with Crippen LogP contribution in [0.2, 0.25) is 0 Å². The van der Waals surface area contributed by atoms with Crippen LogP contribution in [0.3, 0.4) is 0 Å². The Morgan fingerprint density at radius 3 is 1.40 bits per heavy atom. The first-order valence-corrected chi connectivity index (χ1v) is 28.5. The van der Waals surface area contributed by atoms with Gasteiger partial charge in [-0.25, -0.2) is 18.7 Å². The highest BCUT2D eigenvalue weighted by atomic mass is 19.1. The van der Waals surface area contributed by atoms with Crippen LogP contribution in [0.15, 0.2) is 84.9 Å². The van der Waals surface area contributed by atoms with Gasteiger partial charge in [0.2, 0.25) is 23.6 Å². The summed E-state index contributed by atoms with van der Waals surface area (Å²) in [5, 5.41) is 6.26. The van der Waals surface area contributed by atoms with Gasteiger partial charge in [-0.3, -0.25) is 49.2 Å². The second-order valence-electron chi connectivity index (χ2n) is 22.9. The molecule has 424 valence electrons. The number of benzene rings is 4. The fraction of sp³-hybridized carbons (Fsp3) is 0.419. The lowest BCUT2D eigenvalue weighted by atomic mass is 10.0. The summed E-state index contributed by atoms with van der Waals surface area (Å²) in [6.07, 6.45) is 4.57. The molecule has 6 atom stereocenters. The summed E-state index contributed by atoms with van der Waals surface area (Å²) in [5.41, 5.74) is 7.16. The van der Waals surface area contributed by atoms with Gasteiger partial charge in [0, 0.05) is 124 Å². The number of likely N-dealkylation sites (tertiary alicyclic amines) is 2. The molecule has 20 heteroatoms. The number of nitrogens with zero attached hydrogens (tertiary/aromatic N) is 6. The molecular weight excluding hydrogens is 1050 g/mol. The molecule has 82 heavy (non-hydrogen) atoms. The number of fused-ring (bicyclic) bond motifs is 4. The summed E-state index contributed by atoms with van der Waals surface area (Å²) in [5.74, 6) is -0.622. The number of imide groups is 2. The standard InChI is InChI=1S/2C31H31FN4O5/c2*32-25-12-18(11-19-1-4-26(33-29(19)25)20-8-10-40-17-20)14-35-9-7-23(16-35)41-22-2-3-24-21(13-22)15-36(31(24)39)27-5-6-28(37)34-30(27)38/h2*1-4,11-13,20,23,27H,5-10,14-17H2,(H,34,37,38)/t20-,23+,27+;20-,23-,27-/m10/s1. The molecule has 6 fully saturated rings. The van der Waals surface area contributed by atoms with Crippen LogP contribution in [-0.4, -0.2) is 142 Å². The average molecular weight is 1120 g/mol. The number of hydrogen-bond donors (Lipinski definition) is 2. The van der Waals surface area contributed by atoms with E-state index in [-0.39, 0.29) is 72.1 Å². The maximum atomic E-state index is 15.1. The zero-order valence-corrected chi connectivity index (χ0v) is 45.2. The van der Waals surface area contributed by atoms with Crippen molar-refractivity contribution in [3.8, 4) is 11.5 Å². The molecule has 4 aromatic carbocycles. The third-order valence-electron chi connectivity index (χ3n) is 17.2. The normalized spacial score (nSPS) is 24.8. The number of ether oxygens (including phenoxy) is 4. The van der Waals surface area contributed by atoms with Gasteiger partial charge < -0.3 is 28.7 Å². The minimum atomic E-state index is -0.639. The molecule has 0 saturated carbocycles. The fourth-order valence-corrected chi connectivity index (χ4v) is 12.9. The smallest absolute Gasteiger partial charge is 0.255 e. The lowest BCUT2D eigenvalue weighted by Gasteiger charge is -2.29. The predicted molar refractivity (Wildman–Crippen MR) is 293 cm³/mol. The van der Waals surface area contributed by atoms with Gasteiger partial charge in [0.1, 0.15) is 58.5 Å². The molecule has 6 aromatic rings. The van der Waals surface area contributed by atoms with Gasteiger partial charge in [0.05, 0.1) is 13.2 Å². The first-order valence-electron chi connectivity index (χ1n) is 28.5. The average Bonchev–Trinajstić information content (AvgIpc) is 4.39. The number of carbonyl (C=O) groups excluding carboxylic acids is 6. The van der Waals surface area contributed by atoms with E-state index >= 15 is 8.78 Å². The number of pyridine rings is 2. The molecule has 2 aromatic heterocycles. The molecule has 6 saturated heterocycles. The largest absolute Gasteiger partial charge is 0.489 e. The predicted octanol–water partition coefficient (Wildman–Crippen LogP) is 6.58. The molecule has 0 aliphatic carbocycles.